The SMILES string of the molecule is CC(=O)c1cccc(NC(=O)CCNc2ccc(N3CCCCC3)cc2)c1. The van der Waals surface area contributed by atoms with Crippen molar-refractivity contribution >= 4 is 28.8 Å². The highest BCUT2D eigenvalue weighted by molar-refractivity contribution is 5.97. The largest absolute Gasteiger partial charge is 0.385 e. The van der Waals surface area contributed by atoms with Gasteiger partial charge in [-0.05, 0) is 62.6 Å². The first-order chi connectivity index (χ1) is 13.1. The molecule has 1 fully saturated rings. The van der Waals surface area contributed by atoms with E-state index in [-0.39, 0.29) is 11.7 Å². The van der Waals surface area contributed by atoms with E-state index in [2.05, 4.69) is 39.8 Å². The van der Waals surface area contributed by atoms with Gasteiger partial charge >= 0.3 is 0 Å². The van der Waals surface area contributed by atoms with E-state index in [1.54, 1.807) is 24.3 Å². The van der Waals surface area contributed by atoms with E-state index in [1.807, 2.05) is 0 Å². The second-order valence-corrected chi connectivity index (χ2v) is 6.96. The maximum Gasteiger partial charge on any atom is 0.226 e. The molecule has 0 saturated carbocycles. The van der Waals surface area contributed by atoms with Crippen molar-refractivity contribution in [1.29, 1.82) is 0 Å². The summed E-state index contributed by atoms with van der Waals surface area (Å²) >= 11 is 0. The van der Waals surface area contributed by atoms with Gasteiger partial charge in [0.05, 0.1) is 0 Å². The number of nitrogens with one attached hydrogen (secondary N) is 2. The molecular weight excluding hydrogens is 338 g/mol. The van der Waals surface area contributed by atoms with Crippen molar-refractivity contribution in [2.45, 2.75) is 32.6 Å². The van der Waals surface area contributed by atoms with Crippen LogP contribution in [0.4, 0.5) is 17.1 Å². The van der Waals surface area contributed by atoms with Crippen LogP contribution in [0, 0.1) is 0 Å². The van der Waals surface area contributed by atoms with E-state index in [1.165, 1.54) is 31.9 Å². The van der Waals surface area contributed by atoms with Crippen LogP contribution in [0.25, 0.3) is 0 Å². The second kappa shape index (κ2) is 9.21. The maximum absolute atomic E-state index is 12.1. The van der Waals surface area contributed by atoms with Crippen LogP contribution in [-0.4, -0.2) is 31.3 Å². The van der Waals surface area contributed by atoms with Gasteiger partial charge in [0.25, 0.3) is 0 Å². The molecule has 0 atom stereocenters. The molecule has 142 valence electrons. The summed E-state index contributed by atoms with van der Waals surface area (Å²) in [4.78, 5) is 25.9. The summed E-state index contributed by atoms with van der Waals surface area (Å²) in [6, 6.07) is 15.4. The molecule has 0 bridgehead atoms. The summed E-state index contributed by atoms with van der Waals surface area (Å²) in [5.41, 5.74) is 3.53. The lowest BCUT2D eigenvalue weighted by Gasteiger charge is -2.28. The average molecular weight is 365 g/mol. The molecule has 3 rings (SSSR count). The van der Waals surface area contributed by atoms with Gasteiger partial charge in [0.1, 0.15) is 0 Å². The predicted octanol–water partition coefficient (Wildman–Crippen LogP) is 4.32. The van der Waals surface area contributed by atoms with E-state index in [9.17, 15) is 9.59 Å². The molecule has 1 aliphatic heterocycles. The molecule has 1 aliphatic rings. The van der Waals surface area contributed by atoms with Gasteiger partial charge in [-0.25, -0.2) is 0 Å². The summed E-state index contributed by atoms with van der Waals surface area (Å²) in [5.74, 6) is -0.0890. The smallest absolute Gasteiger partial charge is 0.226 e. The van der Waals surface area contributed by atoms with Gasteiger partial charge < -0.3 is 15.5 Å². The Morgan fingerprint density at radius 3 is 2.41 bits per heavy atom. The van der Waals surface area contributed by atoms with Gasteiger partial charge in [-0.2, -0.15) is 0 Å². The Labute approximate surface area is 160 Å². The lowest BCUT2D eigenvalue weighted by atomic mass is 10.1. The highest BCUT2D eigenvalue weighted by Gasteiger charge is 2.10. The van der Waals surface area contributed by atoms with Crippen molar-refractivity contribution < 1.29 is 9.59 Å². The van der Waals surface area contributed by atoms with Gasteiger partial charge in [0.2, 0.25) is 5.91 Å². The molecule has 2 N–H and O–H groups in total. The van der Waals surface area contributed by atoms with E-state index < -0.39 is 0 Å². The first-order valence-electron chi connectivity index (χ1n) is 9.61. The number of carbonyl (C=O) groups excluding carboxylic acids is 2. The van der Waals surface area contributed by atoms with Crippen LogP contribution in [0.3, 0.4) is 0 Å². The Morgan fingerprint density at radius 1 is 0.963 bits per heavy atom. The number of benzene rings is 2. The Kier molecular flexibility index (Phi) is 6.47. The van der Waals surface area contributed by atoms with Crippen LogP contribution in [-0.2, 0) is 4.79 Å². The van der Waals surface area contributed by atoms with Crippen LogP contribution >= 0.6 is 0 Å². The van der Waals surface area contributed by atoms with Gasteiger partial charge in [-0.3, -0.25) is 9.59 Å². The van der Waals surface area contributed by atoms with Crippen molar-refractivity contribution in [2.24, 2.45) is 0 Å². The van der Waals surface area contributed by atoms with Crippen LogP contribution in [0.5, 0.6) is 0 Å². The minimum atomic E-state index is -0.0758. The number of hydrogen-bond acceptors (Lipinski definition) is 4. The standard InChI is InChI=1S/C22H27N3O2/c1-17(26)18-6-5-7-20(16-18)24-22(27)12-13-23-19-8-10-21(11-9-19)25-14-3-2-4-15-25/h5-11,16,23H,2-4,12-15H2,1H3,(H,24,27). The van der Waals surface area contributed by atoms with Crippen molar-refractivity contribution in [3.63, 3.8) is 0 Å². The number of piperidine rings is 1. The third-order valence-corrected chi connectivity index (χ3v) is 4.82. The summed E-state index contributed by atoms with van der Waals surface area (Å²) in [6.45, 7) is 4.35. The van der Waals surface area contributed by atoms with Crippen LogP contribution in [0.1, 0.15) is 43.0 Å². The highest BCUT2D eigenvalue weighted by atomic mass is 16.1. The van der Waals surface area contributed by atoms with Crippen molar-refractivity contribution in [2.75, 3.05) is 35.2 Å². The minimum absolute atomic E-state index is 0.0132. The molecular formula is C22H27N3O2. The van der Waals surface area contributed by atoms with Crippen molar-refractivity contribution in [3.8, 4) is 0 Å². The second-order valence-electron chi connectivity index (χ2n) is 6.96. The molecule has 5 heteroatoms. The Morgan fingerprint density at radius 2 is 1.70 bits per heavy atom. The zero-order chi connectivity index (χ0) is 19.1. The molecule has 1 saturated heterocycles. The monoisotopic (exact) mass is 365 g/mol. The normalized spacial score (nSPS) is 13.9. The lowest BCUT2D eigenvalue weighted by molar-refractivity contribution is -0.115. The molecule has 2 aromatic carbocycles. The van der Waals surface area contributed by atoms with E-state index >= 15 is 0 Å². The fourth-order valence-corrected chi connectivity index (χ4v) is 3.30. The zero-order valence-corrected chi connectivity index (χ0v) is 15.8. The molecule has 0 aliphatic carbocycles. The third-order valence-electron chi connectivity index (χ3n) is 4.82. The van der Waals surface area contributed by atoms with Crippen molar-refractivity contribution in [1.82, 2.24) is 0 Å². The number of nitrogens with zero attached hydrogens (tertiary/aromatic N) is 1. The van der Waals surface area contributed by atoms with Gasteiger partial charge in [0.15, 0.2) is 5.78 Å². The first-order valence-corrected chi connectivity index (χ1v) is 9.61. The summed E-state index contributed by atoms with van der Waals surface area (Å²) in [5, 5.41) is 6.13. The molecule has 0 radical (unpaired) electrons. The quantitative estimate of drug-likeness (QED) is 0.718. The molecule has 0 spiro atoms. The first kappa shape index (κ1) is 19.0. The van der Waals surface area contributed by atoms with Crippen LogP contribution in [0.15, 0.2) is 48.5 Å². The molecule has 0 aromatic heterocycles. The third kappa shape index (κ3) is 5.58. The van der Waals surface area contributed by atoms with Gasteiger partial charge in [-0.1, -0.05) is 12.1 Å². The van der Waals surface area contributed by atoms with E-state index in [4.69, 9.17) is 0 Å². The Hall–Kier alpha value is -2.82. The van der Waals surface area contributed by atoms with Crippen LogP contribution < -0.4 is 15.5 Å². The lowest BCUT2D eigenvalue weighted by Crippen LogP contribution is -2.29. The Bertz CT molecular complexity index is 780. The molecule has 0 unspecified atom stereocenters. The molecule has 27 heavy (non-hydrogen) atoms. The number of amides is 1. The van der Waals surface area contributed by atoms with Gasteiger partial charge in [0, 0.05) is 48.7 Å². The predicted molar refractivity (Wildman–Crippen MR) is 111 cm³/mol. The fraction of sp³-hybridized carbons (Fsp3) is 0.364. The number of anilines is 3. The van der Waals surface area contributed by atoms with Gasteiger partial charge in [-0.15, -0.1) is 0 Å². The number of carbonyl (C=O) groups is 2. The van der Waals surface area contributed by atoms with E-state index in [0.29, 0.717) is 24.2 Å². The topological polar surface area (TPSA) is 61.4 Å². The number of ketones is 1. The number of rotatable bonds is 7. The summed E-state index contributed by atoms with van der Waals surface area (Å²) < 4.78 is 0. The van der Waals surface area contributed by atoms with Crippen molar-refractivity contribution in [3.05, 3.63) is 54.1 Å². The minimum Gasteiger partial charge on any atom is -0.385 e. The van der Waals surface area contributed by atoms with Crippen LogP contribution in [0.2, 0.25) is 0 Å². The molecule has 1 heterocycles. The number of hydrogen-bond donors (Lipinski definition) is 2. The molecule has 2 aromatic rings. The highest BCUT2D eigenvalue weighted by Crippen LogP contribution is 2.21. The zero-order valence-electron chi connectivity index (χ0n) is 15.8. The maximum atomic E-state index is 12.1. The fourth-order valence-electron chi connectivity index (χ4n) is 3.30. The molecule has 5 nitrogen and oxygen atoms in total. The summed E-state index contributed by atoms with van der Waals surface area (Å²) in [6.07, 6.45) is 4.23. The summed E-state index contributed by atoms with van der Waals surface area (Å²) in [7, 11) is 0. The van der Waals surface area contributed by atoms with E-state index in [0.717, 1.165) is 18.8 Å². The Balaban J connectivity index is 1.44. The number of Topliss-reactive ketones (excluding diaryl/α,β-unsaturated/α-hetero) is 1. The molecule has 1 amide bonds. The average Bonchev–Trinajstić information content (AvgIpc) is 2.69.